The normalized spacial score (nSPS) is 11.6. The largest absolute Gasteiger partial charge is 0.341 e. The number of hydrogen-bond acceptors (Lipinski definition) is 2. The number of H-pyrrole nitrogens is 1. The van der Waals surface area contributed by atoms with E-state index in [2.05, 4.69) is 42.9 Å². The van der Waals surface area contributed by atoms with Crippen molar-refractivity contribution in [3.8, 4) is 22.5 Å². The van der Waals surface area contributed by atoms with Crippen LogP contribution < -0.4 is 0 Å². The van der Waals surface area contributed by atoms with Crippen LogP contribution in [0, 0.1) is 0 Å². The van der Waals surface area contributed by atoms with E-state index < -0.39 is 0 Å². The van der Waals surface area contributed by atoms with Gasteiger partial charge in [-0.05, 0) is 12.1 Å². The Labute approximate surface area is 125 Å². The fourth-order valence-corrected chi connectivity index (χ4v) is 2.26. The van der Waals surface area contributed by atoms with Crippen LogP contribution in [0.1, 0.15) is 26.6 Å². The van der Waals surface area contributed by atoms with Crippen molar-refractivity contribution >= 4 is 0 Å². The summed E-state index contributed by atoms with van der Waals surface area (Å²) in [6.07, 6.45) is 3.61. The molecule has 0 saturated heterocycles. The van der Waals surface area contributed by atoms with Crippen LogP contribution in [0.25, 0.3) is 22.5 Å². The first-order chi connectivity index (χ1) is 10.1. The summed E-state index contributed by atoms with van der Waals surface area (Å²) < 4.78 is 0. The molecule has 0 fully saturated rings. The van der Waals surface area contributed by atoms with Gasteiger partial charge < -0.3 is 4.98 Å². The zero-order chi connectivity index (χ0) is 14.9. The van der Waals surface area contributed by atoms with E-state index in [1.54, 1.807) is 0 Å². The predicted molar refractivity (Wildman–Crippen MR) is 86.0 cm³/mol. The molecule has 0 saturated carbocycles. The number of rotatable bonds is 2. The third kappa shape index (κ3) is 2.72. The Morgan fingerprint density at radius 2 is 1.52 bits per heavy atom. The monoisotopic (exact) mass is 277 g/mol. The molecular formula is C18H19N3. The highest BCUT2D eigenvalue weighted by molar-refractivity contribution is 5.78. The van der Waals surface area contributed by atoms with Gasteiger partial charge in [0.2, 0.25) is 0 Å². The molecule has 3 nitrogen and oxygen atoms in total. The molecule has 0 atom stereocenters. The first-order valence-electron chi connectivity index (χ1n) is 7.12. The second kappa shape index (κ2) is 5.17. The average Bonchev–Trinajstić information content (AvgIpc) is 2.94. The lowest BCUT2D eigenvalue weighted by Crippen LogP contribution is -2.13. The molecule has 2 heterocycles. The van der Waals surface area contributed by atoms with Gasteiger partial charge in [0, 0.05) is 28.9 Å². The zero-order valence-electron chi connectivity index (χ0n) is 12.6. The molecule has 0 radical (unpaired) electrons. The lowest BCUT2D eigenvalue weighted by Gasteiger charge is -2.14. The summed E-state index contributed by atoms with van der Waals surface area (Å²) in [7, 11) is 0. The van der Waals surface area contributed by atoms with Gasteiger partial charge in [-0.15, -0.1) is 0 Å². The smallest absolute Gasteiger partial charge is 0.112 e. The van der Waals surface area contributed by atoms with Crippen LogP contribution in [0.4, 0.5) is 0 Å². The number of imidazole rings is 1. The van der Waals surface area contributed by atoms with E-state index in [4.69, 9.17) is 4.98 Å². The van der Waals surface area contributed by atoms with Crippen molar-refractivity contribution in [2.24, 2.45) is 0 Å². The van der Waals surface area contributed by atoms with Crippen LogP contribution in [0.15, 0.2) is 54.9 Å². The lowest BCUT2D eigenvalue weighted by atomic mass is 9.96. The number of nitrogens with one attached hydrogen (secondary N) is 1. The molecule has 2 aromatic heterocycles. The second-order valence-electron chi connectivity index (χ2n) is 6.16. The molecule has 1 N–H and O–H groups in total. The molecule has 21 heavy (non-hydrogen) atoms. The first kappa shape index (κ1) is 13.6. The minimum atomic E-state index is -0.0190. The third-order valence-electron chi connectivity index (χ3n) is 3.43. The van der Waals surface area contributed by atoms with Crippen molar-refractivity contribution in [2.75, 3.05) is 0 Å². The molecule has 106 valence electrons. The van der Waals surface area contributed by atoms with E-state index in [9.17, 15) is 0 Å². The molecular weight excluding hydrogens is 258 g/mol. The van der Waals surface area contributed by atoms with Gasteiger partial charge in [0.15, 0.2) is 0 Å². The van der Waals surface area contributed by atoms with Crippen molar-refractivity contribution < 1.29 is 0 Å². The fraction of sp³-hybridized carbons (Fsp3) is 0.222. The van der Waals surface area contributed by atoms with Gasteiger partial charge in [-0.25, -0.2) is 4.98 Å². The van der Waals surface area contributed by atoms with Gasteiger partial charge >= 0.3 is 0 Å². The molecule has 0 aliphatic carbocycles. The van der Waals surface area contributed by atoms with Gasteiger partial charge in [0.05, 0.1) is 11.4 Å². The lowest BCUT2D eigenvalue weighted by molar-refractivity contribution is 0.553. The molecule has 0 aliphatic rings. The SMILES string of the molecule is CC(C)(C)c1nc(-c2ccccc2)c(-c2ccncc2)[nH]1. The second-order valence-corrected chi connectivity index (χ2v) is 6.16. The highest BCUT2D eigenvalue weighted by atomic mass is 15.0. The summed E-state index contributed by atoms with van der Waals surface area (Å²) >= 11 is 0. The van der Waals surface area contributed by atoms with Crippen LogP contribution in [0.2, 0.25) is 0 Å². The molecule has 0 aliphatic heterocycles. The average molecular weight is 277 g/mol. The quantitative estimate of drug-likeness (QED) is 0.752. The summed E-state index contributed by atoms with van der Waals surface area (Å²) in [4.78, 5) is 12.4. The van der Waals surface area contributed by atoms with E-state index in [1.165, 1.54) is 0 Å². The van der Waals surface area contributed by atoms with Crippen molar-refractivity contribution in [3.63, 3.8) is 0 Å². The Morgan fingerprint density at radius 3 is 2.14 bits per heavy atom. The summed E-state index contributed by atoms with van der Waals surface area (Å²) in [5.41, 5.74) is 4.25. The Kier molecular flexibility index (Phi) is 3.34. The predicted octanol–water partition coefficient (Wildman–Crippen LogP) is 4.44. The Bertz CT molecular complexity index is 665. The van der Waals surface area contributed by atoms with Crippen LogP contribution >= 0.6 is 0 Å². The number of benzene rings is 1. The van der Waals surface area contributed by atoms with E-state index >= 15 is 0 Å². The van der Waals surface area contributed by atoms with Gasteiger partial charge in [0.1, 0.15) is 5.82 Å². The van der Waals surface area contributed by atoms with E-state index in [-0.39, 0.29) is 5.41 Å². The standard InChI is InChI=1S/C18H19N3/c1-18(2,3)17-20-15(13-7-5-4-6-8-13)16(21-17)14-9-11-19-12-10-14/h4-12H,1-3H3,(H,20,21). The third-order valence-corrected chi connectivity index (χ3v) is 3.43. The minimum Gasteiger partial charge on any atom is -0.341 e. The zero-order valence-corrected chi connectivity index (χ0v) is 12.6. The van der Waals surface area contributed by atoms with Gasteiger partial charge in [-0.3, -0.25) is 4.98 Å². The molecule has 0 amide bonds. The van der Waals surface area contributed by atoms with Crippen molar-refractivity contribution in [1.82, 2.24) is 15.0 Å². The fourth-order valence-electron chi connectivity index (χ4n) is 2.26. The molecule has 3 aromatic rings. The topological polar surface area (TPSA) is 41.6 Å². The Hall–Kier alpha value is -2.42. The van der Waals surface area contributed by atoms with E-state index in [1.807, 2.05) is 42.7 Å². The van der Waals surface area contributed by atoms with Crippen molar-refractivity contribution in [2.45, 2.75) is 26.2 Å². The Morgan fingerprint density at radius 1 is 0.857 bits per heavy atom. The number of nitrogens with zero attached hydrogens (tertiary/aromatic N) is 2. The van der Waals surface area contributed by atoms with Crippen molar-refractivity contribution in [3.05, 3.63) is 60.7 Å². The maximum absolute atomic E-state index is 4.85. The summed E-state index contributed by atoms with van der Waals surface area (Å²) in [6.45, 7) is 6.49. The van der Waals surface area contributed by atoms with Gasteiger partial charge in [-0.2, -0.15) is 0 Å². The number of aromatic nitrogens is 3. The van der Waals surface area contributed by atoms with Crippen LogP contribution in [-0.2, 0) is 5.41 Å². The summed E-state index contributed by atoms with van der Waals surface area (Å²) in [5, 5.41) is 0. The van der Waals surface area contributed by atoms with Gasteiger partial charge in [0.25, 0.3) is 0 Å². The number of hydrogen-bond donors (Lipinski definition) is 1. The highest BCUT2D eigenvalue weighted by Crippen LogP contribution is 2.32. The number of aromatic amines is 1. The van der Waals surface area contributed by atoms with E-state index in [0.29, 0.717) is 0 Å². The Balaban J connectivity index is 2.20. The maximum Gasteiger partial charge on any atom is 0.112 e. The maximum atomic E-state index is 4.85. The highest BCUT2D eigenvalue weighted by Gasteiger charge is 2.22. The minimum absolute atomic E-state index is 0.0190. The van der Waals surface area contributed by atoms with Crippen LogP contribution in [0.3, 0.4) is 0 Å². The molecule has 1 aromatic carbocycles. The molecule has 0 bridgehead atoms. The summed E-state index contributed by atoms with van der Waals surface area (Å²) in [5.74, 6) is 0.994. The summed E-state index contributed by atoms with van der Waals surface area (Å²) in [6, 6.07) is 14.3. The molecule has 0 spiro atoms. The van der Waals surface area contributed by atoms with Crippen LogP contribution in [0.5, 0.6) is 0 Å². The number of pyridine rings is 1. The van der Waals surface area contributed by atoms with Crippen molar-refractivity contribution in [1.29, 1.82) is 0 Å². The van der Waals surface area contributed by atoms with Crippen LogP contribution in [-0.4, -0.2) is 15.0 Å². The molecule has 3 heteroatoms. The first-order valence-corrected chi connectivity index (χ1v) is 7.12. The van der Waals surface area contributed by atoms with Gasteiger partial charge in [-0.1, -0.05) is 51.1 Å². The molecule has 0 unspecified atom stereocenters. The van der Waals surface area contributed by atoms with E-state index in [0.717, 1.165) is 28.3 Å². The molecule has 3 rings (SSSR count).